The first-order chi connectivity index (χ1) is 8.11. The van der Waals surface area contributed by atoms with Gasteiger partial charge in [-0.15, -0.1) is 11.6 Å². The van der Waals surface area contributed by atoms with Gasteiger partial charge in [-0.2, -0.15) is 0 Å². The van der Waals surface area contributed by atoms with Gasteiger partial charge in [0.1, 0.15) is 5.82 Å². The number of halogens is 2. The maximum atomic E-state index is 13.5. The Morgan fingerprint density at radius 2 is 2.29 bits per heavy atom. The molecular weight excluding hydrogens is 247 g/mol. The third kappa shape index (κ3) is 2.44. The summed E-state index contributed by atoms with van der Waals surface area (Å²) in [4.78, 5) is 26.4. The molecule has 6 heteroatoms. The number of aromatic nitrogens is 1. The highest BCUT2D eigenvalue weighted by atomic mass is 35.5. The van der Waals surface area contributed by atoms with Crippen molar-refractivity contribution in [1.29, 1.82) is 0 Å². The highest BCUT2D eigenvalue weighted by molar-refractivity contribution is 6.16. The fourth-order valence-corrected chi connectivity index (χ4v) is 1.98. The molecule has 0 spiro atoms. The number of piperidine rings is 1. The van der Waals surface area contributed by atoms with Crippen LogP contribution in [0.2, 0.25) is 0 Å². The van der Waals surface area contributed by atoms with E-state index >= 15 is 0 Å². The van der Waals surface area contributed by atoms with Gasteiger partial charge in [-0.3, -0.25) is 19.9 Å². The minimum atomic E-state index is -0.526. The molecule has 4 nitrogen and oxygen atoms in total. The van der Waals surface area contributed by atoms with Crippen LogP contribution in [0.3, 0.4) is 0 Å². The summed E-state index contributed by atoms with van der Waals surface area (Å²) >= 11 is 5.49. The molecule has 1 aromatic rings. The standard InChI is InChI=1S/C11H10ClFN2O2/c12-4-9-8(13)3-6(5-14-9)7-1-2-10(16)15-11(7)17/h3,5,7H,1-2,4H2,(H,15,16,17). The predicted octanol–water partition coefficient (Wildman–Crippen LogP) is 1.48. The molecule has 2 amide bonds. The molecule has 0 bridgehead atoms. The van der Waals surface area contributed by atoms with Gasteiger partial charge < -0.3 is 0 Å². The topological polar surface area (TPSA) is 59.1 Å². The molecule has 90 valence electrons. The number of pyridine rings is 1. The third-order valence-electron chi connectivity index (χ3n) is 2.71. The molecule has 2 heterocycles. The maximum Gasteiger partial charge on any atom is 0.234 e. The molecule has 1 N–H and O–H groups in total. The van der Waals surface area contributed by atoms with Gasteiger partial charge in [-0.1, -0.05) is 0 Å². The summed E-state index contributed by atoms with van der Waals surface area (Å²) < 4.78 is 13.5. The normalized spacial score (nSPS) is 20.2. The zero-order chi connectivity index (χ0) is 12.4. The van der Waals surface area contributed by atoms with Crippen LogP contribution < -0.4 is 5.32 Å². The lowest BCUT2D eigenvalue weighted by Gasteiger charge is -2.20. The fraction of sp³-hybridized carbons (Fsp3) is 0.364. The van der Waals surface area contributed by atoms with E-state index in [9.17, 15) is 14.0 Å². The van der Waals surface area contributed by atoms with Crippen LogP contribution in [0.1, 0.15) is 30.0 Å². The lowest BCUT2D eigenvalue weighted by molar-refractivity contribution is -0.134. The average molecular weight is 257 g/mol. The van der Waals surface area contributed by atoms with Crippen molar-refractivity contribution in [2.75, 3.05) is 0 Å². The molecule has 1 fully saturated rings. The summed E-state index contributed by atoms with van der Waals surface area (Å²) in [6.45, 7) is 0. The molecule has 0 aliphatic carbocycles. The number of hydrogen-bond donors (Lipinski definition) is 1. The second-order valence-electron chi connectivity index (χ2n) is 3.83. The number of nitrogens with one attached hydrogen (secondary N) is 1. The lowest BCUT2D eigenvalue weighted by atomic mass is 9.91. The second-order valence-corrected chi connectivity index (χ2v) is 4.10. The Balaban J connectivity index is 2.25. The van der Waals surface area contributed by atoms with Crippen molar-refractivity contribution in [2.45, 2.75) is 24.6 Å². The largest absolute Gasteiger partial charge is 0.296 e. The molecule has 1 unspecified atom stereocenters. The number of hydrogen-bond acceptors (Lipinski definition) is 3. The highest BCUT2D eigenvalue weighted by Gasteiger charge is 2.28. The Kier molecular flexibility index (Phi) is 3.38. The van der Waals surface area contributed by atoms with Crippen LogP contribution in [0.25, 0.3) is 0 Å². The van der Waals surface area contributed by atoms with E-state index in [4.69, 9.17) is 11.6 Å². The highest BCUT2D eigenvalue weighted by Crippen LogP contribution is 2.25. The first-order valence-electron chi connectivity index (χ1n) is 5.16. The molecule has 1 aliphatic heterocycles. The zero-order valence-corrected chi connectivity index (χ0v) is 9.63. The Morgan fingerprint density at radius 3 is 2.88 bits per heavy atom. The molecule has 1 aromatic heterocycles. The Hall–Kier alpha value is -1.49. The van der Waals surface area contributed by atoms with Crippen molar-refractivity contribution >= 4 is 23.4 Å². The first-order valence-corrected chi connectivity index (χ1v) is 5.69. The molecule has 0 radical (unpaired) electrons. The van der Waals surface area contributed by atoms with Crippen LogP contribution in [0, 0.1) is 5.82 Å². The SMILES string of the molecule is O=C1CCC(c2cnc(CCl)c(F)c2)C(=O)N1. The number of amides is 2. The van der Waals surface area contributed by atoms with Crippen molar-refractivity contribution in [3.8, 4) is 0 Å². The van der Waals surface area contributed by atoms with Crippen molar-refractivity contribution in [2.24, 2.45) is 0 Å². The monoisotopic (exact) mass is 256 g/mol. The smallest absolute Gasteiger partial charge is 0.234 e. The van der Waals surface area contributed by atoms with Crippen LogP contribution in [-0.2, 0) is 15.5 Å². The first kappa shape index (κ1) is 12.0. The predicted molar refractivity (Wildman–Crippen MR) is 58.9 cm³/mol. The summed E-state index contributed by atoms with van der Waals surface area (Å²) in [5, 5.41) is 2.22. The number of rotatable bonds is 2. The van der Waals surface area contributed by atoms with Gasteiger partial charge in [0, 0.05) is 12.6 Å². The summed E-state index contributed by atoms with van der Waals surface area (Å²) in [6.07, 6.45) is 2.07. The van der Waals surface area contributed by atoms with E-state index in [-0.39, 0.29) is 23.9 Å². The van der Waals surface area contributed by atoms with Crippen LogP contribution in [-0.4, -0.2) is 16.8 Å². The fourth-order valence-electron chi connectivity index (χ4n) is 1.78. The van der Waals surface area contributed by atoms with E-state index in [1.807, 2.05) is 0 Å². The summed E-state index contributed by atoms with van der Waals surface area (Å²) in [5.74, 6) is -1.75. The van der Waals surface area contributed by atoms with Gasteiger partial charge in [-0.25, -0.2) is 4.39 Å². The molecule has 1 saturated heterocycles. The lowest BCUT2D eigenvalue weighted by Crippen LogP contribution is -2.39. The van der Waals surface area contributed by atoms with Gasteiger partial charge >= 0.3 is 0 Å². The molecule has 1 aliphatic rings. The molecule has 17 heavy (non-hydrogen) atoms. The van der Waals surface area contributed by atoms with E-state index in [2.05, 4.69) is 10.3 Å². The zero-order valence-electron chi connectivity index (χ0n) is 8.87. The van der Waals surface area contributed by atoms with E-state index in [0.29, 0.717) is 12.0 Å². The van der Waals surface area contributed by atoms with Crippen LogP contribution in [0.15, 0.2) is 12.3 Å². The average Bonchev–Trinajstić information content (AvgIpc) is 2.29. The summed E-state index contributed by atoms with van der Waals surface area (Å²) in [5.41, 5.74) is 0.629. The van der Waals surface area contributed by atoms with Crippen LogP contribution in [0.5, 0.6) is 0 Å². The molecule has 1 atom stereocenters. The van der Waals surface area contributed by atoms with Gasteiger partial charge in [-0.05, 0) is 18.1 Å². The van der Waals surface area contributed by atoms with Crippen LogP contribution in [0.4, 0.5) is 4.39 Å². The third-order valence-corrected chi connectivity index (χ3v) is 2.96. The van der Waals surface area contributed by atoms with Crippen molar-refractivity contribution < 1.29 is 14.0 Å². The Bertz CT molecular complexity index is 479. The Labute approximate surface area is 102 Å². The molecular formula is C11H10ClFN2O2. The maximum absolute atomic E-state index is 13.5. The number of alkyl halides is 1. The number of carbonyl (C=O) groups excluding carboxylic acids is 2. The number of nitrogens with zero attached hydrogens (tertiary/aromatic N) is 1. The van der Waals surface area contributed by atoms with Gasteiger partial charge in [0.15, 0.2) is 0 Å². The van der Waals surface area contributed by atoms with Gasteiger partial charge in [0.05, 0.1) is 17.5 Å². The second kappa shape index (κ2) is 4.79. The number of carbonyl (C=O) groups is 2. The van der Waals surface area contributed by atoms with Crippen molar-refractivity contribution in [3.63, 3.8) is 0 Å². The van der Waals surface area contributed by atoms with E-state index < -0.39 is 17.6 Å². The molecule has 0 aromatic carbocycles. The van der Waals surface area contributed by atoms with Crippen molar-refractivity contribution in [3.05, 3.63) is 29.3 Å². The van der Waals surface area contributed by atoms with E-state index in [1.54, 1.807) is 0 Å². The minimum Gasteiger partial charge on any atom is -0.296 e. The summed E-state index contributed by atoms with van der Waals surface area (Å²) in [6, 6.07) is 1.25. The van der Waals surface area contributed by atoms with Crippen LogP contribution >= 0.6 is 11.6 Å². The molecule has 2 rings (SSSR count). The summed E-state index contributed by atoms with van der Waals surface area (Å²) in [7, 11) is 0. The van der Waals surface area contributed by atoms with E-state index in [0.717, 1.165) is 0 Å². The van der Waals surface area contributed by atoms with Gasteiger partial charge in [0.25, 0.3) is 0 Å². The van der Waals surface area contributed by atoms with Gasteiger partial charge in [0.2, 0.25) is 11.8 Å². The molecule has 0 saturated carbocycles. The van der Waals surface area contributed by atoms with Crippen molar-refractivity contribution in [1.82, 2.24) is 10.3 Å². The number of imide groups is 1. The van der Waals surface area contributed by atoms with E-state index in [1.165, 1.54) is 12.3 Å². The quantitative estimate of drug-likeness (QED) is 0.644. The Morgan fingerprint density at radius 1 is 1.53 bits per heavy atom. The minimum absolute atomic E-state index is 0.0124.